The third-order valence-corrected chi connectivity index (χ3v) is 3.75. The van der Waals surface area contributed by atoms with Crippen molar-refractivity contribution < 1.29 is 4.74 Å². The van der Waals surface area contributed by atoms with Gasteiger partial charge in [0.1, 0.15) is 0 Å². The topological polar surface area (TPSA) is 35.2 Å². The first-order chi connectivity index (χ1) is 7.31. The highest BCUT2D eigenvalue weighted by atomic mass is 16.5. The van der Waals surface area contributed by atoms with E-state index in [0.29, 0.717) is 12.0 Å². The van der Waals surface area contributed by atoms with Crippen LogP contribution in [-0.2, 0) is 4.74 Å². The van der Waals surface area contributed by atoms with Crippen LogP contribution in [0.25, 0.3) is 0 Å². The van der Waals surface area contributed by atoms with Gasteiger partial charge in [-0.1, -0.05) is 26.7 Å². The summed E-state index contributed by atoms with van der Waals surface area (Å²) in [4.78, 5) is 0. The van der Waals surface area contributed by atoms with E-state index in [4.69, 9.17) is 10.5 Å². The summed E-state index contributed by atoms with van der Waals surface area (Å²) in [6.45, 7) is 6.22. The van der Waals surface area contributed by atoms with Gasteiger partial charge in [0, 0.05) is 6.61 Å². The molecule has 0 bridgehead atoms. The third kappa shape index (κ3) is 4.12. The number of hydrogen-bond donors (Lipinski definition) is 1. The van der Waals surface area contributed by atoms with Crippen LogP contribution in [0.15, 0.2) is 0 Å². The molecule has 0 aromatic carbocycles. The molecule has 0 saturated heterocycles. The summed E-state index contributed by atoms with van der Waals surface area (Å²) in [5.74, 6) is 1.49. The van der Waals surface area contributed by atoms with Gasteiger partial charge in [0.05, 0.1) is 6.10 Å². The fraction of sp³-hybridized carbons (Fsp3) is 1.00. The quantitative estimate of drug-likeness (QED) is 0.688. The first-order valence-corrected chi connectivity index (χ1v) is 6.63. The summed E-state index contributed by atoms with van der Waals surface area (Å²) in [7, 11) is 0. The van der Waals surface area contributed by atoms with E-state index < -0.39 is 0 Å². The van der Waals surface area contributed by atoms with Gasteiger partial charge in [-0.25, -0.2) is 0 Å². The van der Waals surface area contributed by atoms with E-state index in [9.17, 15) is 0 Å². The van der Waals surface area contributed by atoms with Crippen LogP contribution in [0.4, 0.5) is 0 Å². The molecule has 2 nitrogen and oxygen atoms in total. The molecule has 1 rings (SSSR count). The van der Waals surface area contributed by atoms with Gasteiger partial charge in [-0.2, -0.15) is 0 Å². The predicted octanol–water partition coefficient (Wildman–Crippen LogP) is 2.96. The number of nitrogens with two attached hydrogens (primary N) is 1. The highest BCUT2D eigenvalue weighted by molar-refractivity contribution is 4.81. The lowest BCUT2D eigenvalue weighted by Crippen LogP contribution is -2.36. The lowest BCUT2D eigenvalue weighted by Gasteiger charge is -2.35. The molecule has 0 radical (unpaired) electrons. The fourth-order valence-electron chi connectivity index (χ4n) is 2.50. The van der Waals surface area contributed by atoms with Gasteiger partial charge in [-0.15, -0.1) is 0 Å². The fourth-order valence-corrected chi connectivity index (χ4v) is 2.50. The summed E-state index contributed by atoms with van der Waals surface area (Å²) in [6.07, 6.45) is 8.01. The van der Waals surface area contributed by atoms with E-state index >= 15 is 0 Å². The molecule has 1 aliphatic rings. The Morgan fingerprint density at radius 2 is 2.07 bits per heavy atom. The second kappa shape index (κ2) is 7.24. The Bertz CT molecular complexity index is 161. The summed E-state index contributed by atoms with van der Waals surface area (Å²) in [5.41, 5.74) is 5.80. The van der Waals surface area contributed by atoms with Crippen LogP contribution in [0, 0.1) is 11.8 Å². The molecule has 0 aliphatic heterocycles. The van der Waals surface area contributed by atoms with Crippen LogP contribution in [0.2, 0.25) is 0 Å². The minimum absolute atomic E-state index is 0.445. The molecular formula is C13H27NO. The van der Waals surface area contributed by atoms with Gasteiger partial charge in [0.25, 0.3) is 0 Å². The molecule has 3 unspecified atom stereocenters. The molecule has 0 aromatic rings. The van der Waals surface area contributed by atoms with Gasteiger partial charge in [0.2, 0.25) is 0 Å². The maximum absolute atomic E-state index is 5.98. The Balaban J connectivity index is 2.33. The van der Waals surface area contributed by atoms with Crippen molar-refractivity contribution in [3.63, 3.8) is 0 Å². The average molecular weight is 213 g/mol. The van der Waals surface area contributed by atoms with E-state index in [0.717, 1.165) is 19.1 Å². The minimum atomic E-state index is 0.445. The first-order valence-electron chi connectivity index (χ1n) is 6.63. The SMILES string of the molecule is CCCCOC1CC(CC)CCC1CN. The van der Waals surface area contributed by atoms with Gasteiger partial charge in [-0.05, 0) is 44.1 Å². The molecule has 0 spiro atoms. The van der Waals surface area contributed by atoms with E-state index in [1.54, 1.807) is 0 Å². The Labute approximate surface area is 94.6 Å². The minimum Gasteiger partial charge on any atom is -0.378 e. The van der Waals surface area contributed by atoms with Gasteiger partial charge < -0.3 is 10.5 Å². The lowest BCUT2D eigenvalue weighted by molar-refractivity contribution is -0.0247. The van der Waals surface area contributed by atoms with Crippen molar-refractivity contribution in [3.05, 3.63) is 0 Å². The van der Waals surface area contributed by atoms with Crippen molar-refractivity contribution in [2.24, 2.45) is 17.6 Å². The largest absolute Gasteiger partial charge is 0.378 e. The summed E-state index contributed by atoms with van der Waals surface area (Å²) >= 11 is 0. The van der Waals surface area contributed by atoms with Crippen molar-refractivity contribution in [2.45, 2.75) is 58.5 Å². The summed E-state index contributed by atoms with van der Waals surface area (Å²) in [5, 5.41) is 0. The van der Waals surface area contributed by atoms with Crippen LogP contribution in [0.5, 0.6) is 0 Å². The zero-order chi connectivity index (χ0) is 11.1. The highest BCUT2D eigenvalue weighted by Crippen LogP contribution is 2.32. The Kier molecular flexibility index (Phi) is 6.26. The Morgan fingerprint density at radius 1 is 1.27 bits per heavy atom. The monoisotopic (exact) mass is 213 g/mol. The molecule has 1 aliphatic carbocycles. The van der Waals surface area contributed by atoms with Crippen LogP contribution in [-0.4, -0.2) is 19.3 Å². The van der Waals surface area contributed by atoms with Crippen molar-refractivity contribution in [3.8, 4) is 0 Å². The lowest BCUT2D eigenvalue weighted by atomic mass is 9.78. The van der Waals surface area contributed by atoms with E-state index in [1.165, 1.54) is 38.5 Å². The molecule has 0 amide bonds. The van der Waals surface area contributed by atoms with Crippen LogP contribution in [0.3, 0.4) is 0 Å². The average Bonchev–Trinajstić information content (AvgIpc) is 2.29. The van der Waals surface area contributed by atoms with Crippen LogP contribution < -0.4 is 5.73 Å². The molecule has 2 heteroatoms. The van der Waals surface area contributed by atoms with Crippen molar-refractivity contribution >= 4 is 0 Å². The maximum Gasteiger partial charge on any atom is 0.0617 e. The number of ether oxygens (including phenoxy) is 1. The van der Waals surface area contributed by atoms with E-state index in [1.807, 2.05) is 0 Å². The zero-order valence-electron chi connectivity index (χ0n) is 10.4. The van der Waals surface area contributed by atoms with Gasteiger partial charge in [-0.3, -0.25) is 0 Å². The Morgan fingerprint density at radius 3 is 2.67 bits per heavy atom. The molecule has 3 atom stereocenters. The van der Waals surface area contributed by atoms with E-state index in [2.05, 4.69) is 13.8 Å². The summed E-state index contributed by atoms with van der Waals surface area (Å²) in [6, 6.07) is 0. The van der Waals surface area contributed by atoms with Crippen LogP contribution in [0.1, 0.15) is 52.4 Å². The zero-order valence-corrected chi connectivity index (χ0v) is 10.4. The molecule has 15 heavy (non-hydrogen) atoms. The third-order valence-electron chi connectivity index (χ3n) is 3.75. The number of hydrogen-bond acceptors (Lipinski definition) is 2. The van der Waals surface area contributed by atoms with Crippen molar-refractivity contribution in [1.82, 2.24) is 0 Å². The second-order valence-electron chi connectivity index (χ2n) is 4.85. The molecule has 1 saturated carbocycles. The molecule has 90 valence electrons. The molecule has 1 fully saturated rings. The highest BCUT2D eigenvalue weighted by Gasteiger charge is 2.29. The summed E-state index contributed by atoms with van der Waals surface area (Å²) < 4.78 is 5.98. The van der Waals surface area contributed by atoms with Gasteiger partial charge in [0.15, 0.2) is 0 Å². The number of unbranched alkanes of at least 4 members (excludes halogenated alkanes) is 1. The molecule has 0 heterocycles. The standard InChI is InChI=1S/C13H27NO/c1-3-5-8-15-13-9-11(4-2)6-7-12(13)10-14/h11-13H,3-10,14H2,1-2H3. The number of rotatable bonds is 6. The van der Waals surface area contributed by atoms with Crippen molar-refractivity contribution in [1.29, 1.82) is 0 Å². The normalized spacial score (nSPS) is 31.8. The maximum atomic E-state index is 5.98. The smallest absolute Gasteiger partial charge is 0.0617 e. The predicted molar refractivity (Wildman–Crippen MR) is 64.8 cm³/mol. The first kappa shape index (κ1) is 13.0. The van der Waals surface area contributed by atoms with Gasteiger partial charge >= 0.3 is 0 Å². The molecular weight excluding hydrogens is 186 g/mol. The molecule has 0 aromatic heterocycles. The van der Waals surface area contributed by atoms with Crippen molar-refractivity contribution in [2.75, 3.05) is 13.2 Å². The van der Waals surface area contributed by atoms with E-state index in [-0.39, 0.29) is 0 Å². The van der Waals surface area contributed by atoms with Crippen LogP contribution >= 0.6 is 0 Å². The molecule has 2 N–H and O–H groups in total. The Hall–Kier alpha value is -0.0800. The second-order valence-corrected chi connectivity index (χ2v) is 4.85.